The highest BCUT2D eigenvalue weighted by atomic mass is 16.5. The maximum atomic E-state index is 11.7. The van der Waals surface area contributed by atoms with Crippen LogP contribution in [0.1, 0.15) is 26.2 Å². The molecule has 0 unspecified atom stereocenters. The van der Waals surface area contributed by atoms with Crippen molar-refractivity contribution >= 4 is 5.91 Å². The predicted octanol–water partition coefficient (Wildman–Crippen LogP) is 0.625. The van der Waals surface area contributed by atoms with Gasteiger partial charge in [-0.15, -0.1) is 0 Å². The lowest BCUT2D eigenvalue weighted by atomic mass is 10.3. The SMILES string of the molecule is CCCCOCC(=O)N1CCCNCC1. The van der Waals surface area contributed by atoms with E-state index in [9.17, 15) is 4.79 Å². The summed E-state index contributed by atoms with van der Waals surface area (Å²) in [5, 5.41) is 3.27. The van der Waals surface area contributed by atoms with E-state index in [1.807, 2.05) is 4.90 Å². The Morgan fingerprint density at radius 3 is 3.07 bits per heavy atom. The quantitative estimate of drug-likeness (QED) is 0.682. The number of carbonyl (C=O) groups is 1. The molecule has 0 aromatic rings. The molecule has 1 rings (SSSR count). The summed E-state index contributed by atoms with van der Waals surface area (Å²) in [5.41, 5.74) is 0. The lowest BCUT2D eigenvalue weighted by Crippen LogP contribution is -2.36. The first-order chi connectivity index (χ1) is 7.34. The van der Waals surface area contributed by atoms with E-state index in [0.717, 1.165) is 45.4 Å². The van der Waals surface area contributed by atoms with Crippen LogP contribution in [0.15, 0.2) is 0 Å². The second-order valence-electron chi connectivity index (χ2n) is 3.89. The van der Waals surface area contributed by atoms with E-state index in [1.54, 1.807) is 0 Å². The van der Waals surface area contributed by atoms with Crippen molar-refractivity contribution in [3.8, 4) is 0 Å². The first kappa shape index (κ1) is 12.5. The van der Waals surface area contributed by atoms with Gasteiger partial charge in [-0.25, -0.2) is 0 Å². The molecule has 1 saturated heterocycles. The smallest absolute Gasteiger partial charge is 0.248 e. The molecule has 4 nitrogen and oxygen atoms in total. The number of nitrogens with zero attached hydrogens (tertiary/aromatic N) is 1. The summed E-state index contributed by atoms with van der Waals surface area (Å²) in [6.45, 7) is 6.67. The number of hydrogen-bond acceptors (Lipinski definition) is 3. The molecule has 0 radical (unpaired) electrons. The van der Waals surface area contributed by atoms with Crippen molar-refractivity contribution in [1.29, 1.82) is 0 Å². The molecule has 1 aliphatic rings. The summed E-state index contributed by atoms with van der Waals surface area (Å²) < 4.78 is 5.32. The lowest BCUT2D eigenvalue weighted by Gasteiger charge is -2.19. The maximum Gasteiger partial charge on any atom is 0.248 e. The van der Waals surface area contributed by atoms with E-state index >= 15 is 0 Å². The second-order valence-corrected chi connectivity index (χ2v) is 3.89. The van der Waals surface area contributed by atoms with Gasteiger partial charge >= 0.3 is 0 Å². The Balaban J connectivity index is 2.14. The minimum absolute atomic E-state index is 0.134. The van der Waals surface area contributed by atoms with Crippen molar-refractivity contribution in [2.75, 3.05) is 39.4 Å². The van der Waals surface area contributed by atoms with Gasteiger partial charge in [0.2, 0.25) is 5.91 Å². The Labute approximate surface area is 92.0 Å². The number of ether oxygens (including phenoxy) is 1. The third-order valence-corrected chi connectivity index (χ3v) is 2.56. The molecule has 4 heteroatoms. The van der Waals surface area contributed by atoms with Gasteiger partial charge in [0.15, 0.2) is 0 Å². The summed E-state index contributed by atoms with van der Waals surface area (Å²) in [5.74, 6) is 0.134. The van der Waals surface area contributed by atoms with Gasteiger partial charge in [-0.2, -0.15) is 0 Å². The fourth-order valence-corrected chi connectivity index (χ4v) is 1.59. The molecule has 0 atom stereocenters. The molecular formula is C11H22N2O2. The predicted molar refractivity (Wildman–Crippen MR) is 59.8 cm³/mol. The molecule has 0 aromatic carbocycles. The molecule has 0 aliphatic carbocycles. The van der Waals surface area contributed by atoms with Crippen molar-refractivity contribution in [3.05, 3.63) is 0 Å². The van der Waals surface area contributed by atoms with Crippen LogP contribution < -0.4 is 5.32 Å². The minimum atomic E-state index is 0.134. The number of rotatable bonds is 5. The molecular weight excluding hydrogens is 192 g/mol. The molecule has 15 heavy (non-hydrogen) atoms. The van der Waals surface area contributed by atoms with Crippen LogP contribution in [0.25, 0.3) is 0 Å². The first-order valence-corrected chi connectivity index (χ1v) is 5.91. The van der Waals surface area contributed by atoms with Crippen LogP contribution in [0.3, 0.4) is 0 Å². The molecule has 0 bridgehead atoms. The zero-order chi connectivity index (χ0) is 10.9. The number of nitrogens with one attached hydrogen (secondary N) is 1. The molecule has 1 fully saturated rings. The lowest BCUT2D eigenvalue weighted by molar-refractivity contribution is -0.135. The molecule has 1 amide bonds. The fraction of sp³-hybridized carbons (Fsp3) is 0.909. The first-order valence-electron chi connectivity index (χ1n) is 5.91. The van der Waals surface area contributed by atoms with Crippen LogP contribution in [0, 0.1) is 0 Å². The van der Waals surface area contributed by atoms with Gasteiger partial charge in [-0.05, 0) is 19.4 Å². The zero-order valence-corrected chi connectivity index (χ0v) is 9.63. The van der Waals surface area contributed by atoms with Crippen molar-refractivity contribution in [2.45, 2.75) is 26.2 Å². The molecule has 0 aromatic heterocycles. The fourth-order valence-electron chi connectivity index (χ4n) is 1.59. The van der Waals surface area contributed by atoms with Gasteiger partial charge < -0.3 is 15.0 Å². The van der Waals surface area contributed by atoms with Gasteiger partial charge in [0.25, 0.3) is 0 Å². The van der Waals surface area contributed by atoms with Crippen molar-refractivity contribution in [3.63, 3.8) is 0 Å². The van der Waals surface area contributed by atoms with E-state index < -0.39 is 0 Å². The second kappa shape index (κ2) is 7.65. The molecule has 0 saturated carbocycles. The molecule has 88 valence electrons. The average Bonchev–Trinajstić information content (AvgIpc) is 2.52. The van der Waals surface area contributed by atoms with Crippen molar-refractivity contribution in [2.24, 2.45) is 0 Å². The Kier molecular flexibility index (Phi) is 6.36. The van der Waals surface area contributed by atoms with E-state index in [2.05, 4.69) is 12.2 Å². The van der Waals surface area contributed by atoms with Gasteiger partial charge in [-0.1, -0.05) is 13.3 Å². The third kappa shape index (κ3) is 5.14. The Morgan fingerprint density at radius 2 is 2.27 bits per heavy atom. The maximum absolute atomic E-state index is 11.7. The van der Waals surface area contributed by atoms with Gasteiger partial charge in [0, 0.05) is 26.2 Å². The minimum Gasteiger partial charge on any atom is -0.372 e. The number of hydrogen-bond donors (Lipinski definition) is 1. The van der Waals surface area contributed by atoms with Crippen molar-refractivity contribution < 1.29 is 9.53 Å². The van der Waals surface area contributed by atoms with E-state index in [-0.39, 0.29) is 12.5 Å². The highest BCUT2D eigenvalue weighted by Crippen LogP contribution is 1.97. The van der Waals surface area contributed by atoms with Crippen LogP contribution in [0.2, 0.25) is 0 Å². The summed E-state index contributed by atoms with van der Waals surface area (Å²) in [6, 6.07) is 0. The highest BCUT2D eigenvalue weighted by molar-refractivity contribution is 5.77. The van der Waals surface area contributed by atoms with E-state index in [0.29, 0.717) is 6.61 Å². The summed E-state index contributed by atoms with van der Waals surface area (Å²) in [7, 11) is 0. The third-order valence-electron chi connectivity index (χ3n) is 2.56. The van der Waals surface area contributed by atoms with Gasteiger partial charge in [-0.3, -0.25) is 4.79 Å². The topological polar surface area (TPSA) is 41.6 Å². The number of unbranched alkanes of at least 4 members (excludes halogenated alkanes) is 1. The molecule has 1 heterocycles. The molecule has 0 spiro atoms. The summed E-state index contributed by atoms with van der Waals surface area (Å²) >= 11 is 0. The zero-order valence-electron chi connectivity index (χ0n) is 9.63. The Morgan fingerprint density at radius 1 is 1.40 bits per heavy atom. The molecule has 1 N–H and O–H groups in total. The van der Waals surface area contributed by atoms with Crippen LogP contribution in [0.5, 0.6) is 0 Å². The van der Waals surface area contributed by atoms with Gasteiger partial charge in [0.05, 0.1) is 0 Å². The highest BCUT2D eigenvalue weighted by Gasteiger charge is 2.14. The summed E-state index contributed by atoms with van der Waals surface area (Å²) in [6.07, 6.45) is 3.19. The van der Waals surface area contributed by atoms with Crippen molar-refractivity contribution in [1.82, 2.24) is 10.2 Å². The standard InChI is InChI=1S/C11H22N2O2/c1-2-3-9-15-10-11(14)13-7-4-5-12-6-8-13/h12H,2-10H2,1H3. The van der Waals surface area contributed by atoms with Crippen LogP contribution >= 0.6 is 0 Å². The summed E-state index contributed by atoms with van der Waals surface area (Å²) in [4.78, 5) is 13.6. The van der Waals surface area contributed by atoms with E-state index in [4.69, 9.17) is 4.74 Å². The largest absolute Gasteiger partial charge is 0.372 e. The number of carbonyl (C=O) groups excluding carboxylic acids is 1. The van der Waals surface area contributed by atoms with Crippen LogP contribution in [0.4, 0.5) is 0 Å². The van der Waals surface area contributed by atoms with Gasteiger partial charge in [0.1, 0.15) is 6.61 Å². The van der Waals surface area contributed by atoms with Crippen LogP contribution in [-0.4, -0.2) is 50.2 Å². The normalized spacial score (nSPS) is 17.5. The van der Waals surface area contributed by atoms with Crippen LogP contribution in [-0.2, 0) is 9.53 Å². The Hall–Kier alpha value is -0.610. The Bertz CT molecular complexity index is 177. The van der Waals surface area contributed by atoms with E-state index in [1.165, 1.54) is 0 Å². The molecule has 1 aliphatic heterocycles. The average molecular weight is 214 g/mol. The monoisotopic (exact) mass is 214 g/mol. The number of amides is 1.